The van der Waals surface area contributed by atoms with Crippen LogP contribution in [-0.2, 0) is 6.42 Å². The quantitative estimate of drug-likeness (QED) is 0.732. The molecule has 0 spiro atoms. The summed E-state index contributed by atoms with van der Waals surface area (Å²) in [5.41, 5.74) is 2.10. The first-order valence-electron chi connectivity index (χ1n) is 7.65. The fourth-order valence-corrected chi connectivity index (χ4v) is 2.53. The molecule has 1 heterocycles. The average Bonchev–Trinajstić information content (AvgIpc) is 3.07. The molecule has 0 saturated heterocycles. The number of hydrogen-bond donors (Lipinski definition) is 2. The van der Waals surface area contributed by atoms with Crippen LogP contribution in [0.25, 0.3) is 11.4 Å². The van der Waals surface area contributed by atoms with Crippen LogP contribution in [0.2, 0.25) is 0 Å². The Balaban J connectivity index is 1.71. The Morgan fingerprint density at radius 1 is 1.09 bits per heavy atom. The zero-order valence-electron chi connectivity index (χ0n) is 13.0. The first kappa shape index (κ1) is 15.4. The van der Waals surface area contributed by atoms with E-state index in [0.717, 1.165) is 24.2 Å². The van der Waals surface area contributed by atoms with Gasteiger partial charge in [0.05, 0.1) is 6.04 Å². The van der Waals surface area contributed by atoms with E-state index >= 15 is 0 Å². The average molecular weight is 310 g/mol. The number of aryl methyl sites for hydroxylation is 1. The van der Waals surface area contributed by atoms with Gasteiger partial charge in [-0.2, -0.15) is 5.10 Å². The molecule has 0 amide bonds. The van der Waals surface area contributed by atoms with Gasteiger partial charge in [0.1, 0.15) is 11.6 Å². The smallest absolute Gasteiger partial charge is 0.181 e. The van der Waals surface area contributed by atoms with Crippen molar-refractivity contribution >= 4 is 0 Å². The van der Waals surface area contributed by atoms with Crippen molar-refractivity contribution in [2.45, 2.75) is 18.9 Å². The molecule has 0 aliphatic carbocycles. The van der Waals surface area contributed by atoms with Crippen LogP contribution < -0.4 is 5.32 Å². The molecule has 23 heavy (non-hydrogen) atoms. The molecule has 4 nitrogen and oxygen atoms in total. The van der Waals surface area contributed by atoms with Gasteiger partial charge in [-0.1, -0.05) is 30.3 Å². The lowest BCUT2D eigenvalue weighted by atomic mass is 10.1. The van der Waals surface area contributed by atoms with Crippen molar-refractivity contribution in [1.82, 2.24) is 20.5 Å². The van der Waals surface area contributed by atoms with Crippen molar-refractivity contribution in [3.05, 3.63) is 71.8 Å². The summed E-state index contributed by atoms with van der Waals surface area (Å²) in [7, 11) is 1.91. The second-order valence-corrected chi connectivity index (χ2v) is 5.42. The Morgan fingerprint density at radius 3 is 2.52 bits per heavy atom. The van der Waals surface area contributed by atoms with E-state index in [0.29, 0.717) is 5.82 Å². The van der Waals surface area contributed by atoms with Gasteiger partial charge in [0, 0.05) is 5.56 Å². The van der Waals surface area contributed by atoms with Crippen molar-refractivity contribution in [3.63, 3.8) is 0 Å². The van der Waals surface area contributed by atoms with Crippen LogP contribution in [0.15, 0.2) is 54.6 Å². The Morgan fingerprint density at radius 2 is 1.83 bits per heavy atom. The van der Waals surface area contributed by atoms with E-state index in [4.69, 9.17) is 0 Å². The molecule has 0 fully saturated rings. The maximum absolute atomic E-state index is 13.0. The highest BCUT2D eigenvalue weighted by atomic mass is 19.1. The molecular weight excluding hydrogens is 291 g/mol. The summed E-state index contributed by atoms with van der Waals surface area (Å²) in [5, 5.41) is 10.5. The summed E-state index contributed by atoms with van der Waals surface area (Å²) in [6.07, 6.45) is 1.87. The van der Waals surface area contributed by atoms with Crippen LogP contribution in [-0.4, -0.2) is 22.2 Å². The number of rotatable bonds is 6. The highest BCUT2D eigenvalue weighted by Crippen LogP contribution is 2.20. The number of nitrogens with zero attached hydrogens (tertiary/aromatic N) is 2. The van der Waals surface area contributed by atoms with Crippen molar-refractivity contribution in [2.24, 2.45) is 0 Å². The zero-order valence-corrected chi connectivity index (χ0v) is 13.0. The van der Waals surface area contributed by atoms with E-state index in [2.05, 4.69) is 32.6 Å². The Labute approximate surface area is 134 Å². The molecule has 5 heteroatoms. The molecule has 2 N–H and O–H groups in total. The SMILES string of the molecule is CN[C@H](CCc1ccccc1)c1nc(-c2ccc(F)cc2)n[nH]1. The lowest BCUT2D eigenvalue weighted by Crippen LogP contribution is -2.18. The number of nitrogens with one attached hydrogen (secondary N) is 2. The van der Waals surface area contributed by atoms with E-state index in [9.17, 15) is 4.39 Å². The Bertz CT molecular complexity index is 737. The third kappa shape index (κ3) is 3.81. The number of aromatic nitrogens is 3. The van der Waals surface area contributed by atoms with Gasteiger partial charge in [-0.05, 0) is 49.7 Å². The predicted molar refractivity (Wildman–Crippen MR) is 88.3 cm³/mol. The third-order valence-corrected chi connectivity index (χ3v) is 3.85. The number of H-pyrrole nitrogens is 1. The van der Waals surface area contributed by atoms with Crippen molar-refractivity contribution in [2.75, 3.05) is 7.05 Å². The molecule has 0 saturated carbocycles. The molecule has 1 atom stereocenters. The van der Waals surface area contributed by atoms with E-state index in [1.807, 2.05) is 25.2 Å². The molecular formula is C18H19FN4. The monoisotopic (exact) mass is 310 g/mol. The predicted octanol–water partition coefficient (Wildman–Crippen LogP) is 3.50. The first-order valence-corrected chi connectivity index (χ1v) is 7.65. The standard InChI is InChI=1S/C18H19FN4/c1-20-16(12-7-13-5-3-2-4-6-13)18-21-17(22-23-18)14-8-10-15(19)11-9-14/h2-6,8-11,16,20H,7,12H2,1H3,(H,21,22,23)/t16-/m1/s1. The first-order chi connectivity index (χ1) is 11.3. The molecule has 0 unspecified atom stereocenters. The van der Waals surface area contributed by atoms with Crippen molar-refractivity contribution in [3.8, 4) is 11.4 Å². The highest BCUT2D eigenvalue weighted by molar-refractivity contribution is 5.54. The Hall–Kier alpha value is -2.53. The van der Waals surface area contributed by atoms with Gasteiger partial charge < -0.3 is 5.32 Å². The zero-order chi connectivity index (χ0) is 16.1. The summed E-state index contributed by atoms with van der Waals surface area (Å²) in [6.45, 7) is 0. The molecule has 3 rings (SSSR count). The summed E-state index contributed by atoms with van der Waals surface area (Å²) in [5.74, 6) is 1.11. The number of benzene rings is 2. The molecule has 0 bridgehead atoms. The number of hydrogen-bond acceptors (Lipinski definition) is 3. The summed E-state index contributed by atoms with van der Waals surface area (Å²) >= 11 is 0. The van der Waals surface area contributed by atoms with Gasteiger partial charge >= 0.3 is 0 Å². The topological polar surface area (TPSA) is 53.6 Å². The van der Waals surface area contributed by atoms with Crippen molar-refractivity contribution in [1.29, 1.82) is 0 Å². The van der Waals surface area contributed by atoms with Gasteiger partial charge in [-0.15, -0.1) is 0 Å². The maximum atomic E-state index is 13.0. The lowest BCUT2D eigenvalue weighted by Gasteiger charge is -2.12. The summed E-state index contributed by atoms with van der Waals surface area (Å²) in [4.78, 5) is 4.54. The number of halogens is 1. The van der Waals surface area contributed by atoms with Crippen LogP contribution in [0.3, 0.4) is 0 Å². The van der Waals surface area contributed by atoms with Crippen LogP contribution in [0, 0.1) is 5.82 Å². The second kappa shape index (κ2) is 7.15. The fraction of sp³-hybridized carbons (Fsp3) is 0.222. The van der Waals surface area contributed by atoms with Crippen molar-refractivity contribution < 1.29 is 4.39 Å². The van der Waals surface area contributed by atoms with Crippen LogP contribution in [0.4, 0.5) is 4.39 Å². The third-order valence-electron chi connectivity index (χ3n) is 3.85. The van der Waals surface area contributed by atoms with E-state index < -0.39 is 0 Å². The minimum atomic E-state index is -0.263. The van der Waals surface area contributed by atoms with Crippen LogP contribution in [0.5, 0.6) is 0 Å². The largest absolute Gasteiger partial charge is 0.310 e. The molecule has 1 aromatic heterocycles. The molecule has 0 aliphatic rings. The van der Waals surface area contributed by atoms with Gasteiger partial charge in [0.2, 0.25) is 0 Å². The van der Waals surface area contributed by atoms with Crippen LogP contribution in [0.1, 0.15) is 23.9 Å². The highest BCUT2D eigenvalue weighted by Gasteiger charge is 2.15. The Kier molecular flexibility index (Phi) is 4.78. The summed E-state index contributed by atoms with van der Waals surface area (Å²) < 4.78 is 13.0. The normalized spacial score (nSPS) is 12.3. The van der Waals surface area contributed by atoms with Gasteiger partial charge in [0.15, 0.2) is 5.82 Å². The van der Waals surface area contributed by atoms with E-state index in [-0.39, 0.29) is 11.9 Å². The van der Waals surface area contributed by atoms with E-state index in [1.165, 1.54) is 17.7 Å². The van der Waals surface area contributed by atoms with Crippen LogP contribution >= 0.6 is 0 Å². The maximum Gasteiger partial charge on any atom is 0.181 e. The molecule has 118 valence electrons. The number of aromatic amines is 1. The minimum absolute atomic E-state index is 0.0944. The molecule has 0 aliphatic heterocycles. The molecule has 2 aromatic carbocycles. The van der Waals surface area contributed by atoms with Gasteiger partial charge in [-0.3, -0.25) is 5.10 Å². The van der Waals surface area contributed by atoms with E-state index in [1.54, 1.807) is 12.1 Å². The van der Waals surface area contributed by atoms with Gasteiger partial charge in [0.25, 0.3) is 0 Å². The minimum Gasteiger partial charge on any atom is -0.310 e. The fourth-order valence-electron chi connectivity index (χ4n) is 2.53. The van der Waals surface area contributed by atoms with Gasteiger partial charge in [-0.25, -0.2) is 9.37 Å². The molecule has 3 aromatic rings. The molecule has 0 radical (unpaired) electrons. The second-order valence-electron chi connectivity index (χ2n) is 5.42. The lowest BCUT2D eigenvalue weighted by molar-refractivity contribution is 0.522. The summed E-state index contributed by atoms with van der Waals surface area (Å²) in [6, 6.07) is 16.6.